The van der Waals surface area contributed by atoms with Crippen LogP contribution in [0, 0.1) is 0 Å². The number of fused-ring (bicyclic) bond motifs is 4. The highest BCUT2D eigenvalue weighted by molar-refractivity contribution is 7.25. The molecule has 0 unspecified atom stereocenters. The molecular weight excluding hydrogens is 743 g/mol. The van der Waals surface area contributed by atoms with Crippen molar-refractivity contribution < 1.29 is 0 Å². The highest BCUT2D eigenvalue weighted by atomic mass is 32.1. The molecule has 0 aliphatic carbocycles. The van der Waals surface area contributed by atoms with Crippen molar-refractivity contribution in [3.63, 3.8) is 0 Å². The molecule has 282 valence electrons. The van der Waals surface area contributed by atoms with E-state index in [0.29, 0.717) is 0 Å². The lowest BCUT2D eigenvalue weighted by molar-refractivity contribution is 1.28. The van der Waals surface area contributed by atoms with Crippen LogP contribution < -0.4 is 4.90 Å². The number of para-hydroxylation sites is 1. The Balaban J connectivity index is 0.983. The second-order valence-electron chi connectivity index (χ2n) is 15.3. The first-order valence-corrected chi connectivity index (χ1v) is 21.3. The monoisotopic (exact) mass is 781 g/mol. The summed E-state index contributed by atoms with van der Waals surface area (Å²) in [5, 5.41) is 5.11. The van der Waals surface area contributed by atoms with Crippen LogP contribution in [0.4, 0.5) is 17.1 Å². The molecule has 11 rings (SSSR count). The lowest BCUT2D eigenvalue weighted by atomic mass is 9.96. The van der Waals surface area contributed by atoms with Crippen LogP contribution in [0.2, 0.25) is 0 Å². The Bertz CT molecular complexity index is 3290. The van der Waals surface area contributed by atoms with Crippen LogP contribution in [0.5, 0.6) is 0 Å². The molecule has 60 heavy (non-hydrogen) atoms. The van der Waals surface area contributed by atoms with Crippen molar-refractivity contribution in [3.05, 3.63) is 237 Å². The summed E-state index contributed by atoms with van der Waals surface area (Å²) < 4.78 is 2.62. The van der Waals surface area contributed by atoms with Gasteiger partial charge in [-0.3, -0.25) is 0 Å². The number of benzene rings is 10. The second-order valence-corrected chi connectivity index (χ2v) is 16.4. The van der Waals surface area contributed by atoms with E-state index in [1.165, 1.54) is 86.6 Å². The van der Waals surface area contributed by atoms with Crippen molar-refractivity contribution >= 4 is 59.3 Å². The highest BCUT2D eigenvalue weighted by Gasteiger charge is 2.19. The van der Waals surface area contributed by atoms with Crippen LogP contribution in [0.15, 0.2) is 237 Å². The number of thiophene rings is 1. The molecule has 0 atom stereocenters. The highest BCUT2D eigenvalue weighted by Crippen LogP contribution is 2.44. The Hall–Kier alpha value is -7.52. The molecule has 10 aromatic carbocycles. The minimum absolute atomic E-state index is 1.10. The average molecular weight is 782 g/mol. The predicted molar refractivity (Wildman–Crippen MR) is 259 cm³/mol. The Morgan fingerprint density at radius 1 is 0.267 bits per heavy atom. The molecule has 0 amide bonds. The molecule has 0 N–H and O–H groups in total. The zero-order chi connectivity index (χ0) is 39.8. The van der Waals surface area contributed by atoms with Gasteiger partial charge in [0.1, 0.15) is 0 Å². The number of rotatable bonds is 8. The molecular formula is C58H39NS. The molecule has 1 nitrogen and oxygen atoms in total. The normalized spacial score (nSPS) is 11.3. The van der Waals surface area contributed by atoms with E-state index in [0.717, 1.165) is 17.1 Å². The fourth-order valence-corrected chi connectivity index (χ4v) is 9.66. The maximum Gasteiger partial charge on any atom is 0.0540 e. The predicted octanol–water partition coefficient (Wildman–Crippen LogP) is 17.0. The summed E-state index contributed by atoms with van der Waals surface area (Å²) >= 11 is 1.86. The molecule has 0 saturated carbocycles. The van der Waals surface area contributed by atoms with Crippen molar-refractivity contribution in [1.29, 1.82) is 0 Å². The third-order valence-corrected chi connectivity index (χ3v) is 12.8. The third-order valence-electron chi connectivity index (χ3n) is 11.7. The lowest BCUT2D eigenvalue weighted by Gasteiger charge is -2.28. The average Bonchev–Trinajstić information content (AvgIpc) is 3.71. The maximum absolute atomic E-state index is 2.41. The topological polar surface area (TPSA) is 3.24 Å². The van der Waals surface area contributed by atoms with Gasteiger partial charge in [-0.05, 0) is 122 Å². The minimum Gasteiger partial charge on any atom is -0.310 e. The van der Waals surface area contributed by atoms with Crippen LogP contribution in [0.1, 0.15) is 0 Å². The molecule has 0 saturated heterocycles. The SMILES string of the molecule is c1ccc(-c2ccc(-c3ccc(N(c4ccc(-c5cccc(-c6ccc7ccccc7c6)c5)cc4)c4ccccc4-c4ccc5sc6ccccc6c5c4)cc3)cc2)cc1. The molecule has 0 radical (unpaired) electrons. The zero-order valence-corrected chi connectivity index (χ0v) is 33.7. The van der Waals surface area contributed by atoms with E-state index in [1.807, 2.05) is 11.3 Å². The second kappa shape index (κ2) is 15.3. The molecule has 1 aromatic heterocycles. The first-order chi connectivity index (χ1) is 29.7. The third kappa shape index (κ3) is 6.73. The van der Waals surface area contributed by atoms with Gasteiger partial charge in [0.15, 0.2) is 0 Å². The van der Waals surface area contributed by atoms with Gasteiger partial charge in [0.05, 0.1) is 5.69 Å². The minimum atomic E-state index is 1.10. The molecule has 0 aliphatic heterocycles. The molecule has 0 aliphatic rings. The first kappa shape index (κ1) is 35.6. The number of nitrogens with zero attached hydrogens (tertiary/aromatic N) is 1. The first-order valence-electron chi connectivity index (χ1n) is 20.5. The summed E-state index contributed by atoms with van der Waals surface area (Å²) in [4.78, 5) is 2.41. The van der Waals surface area contributed by atoms with Gasteiger partial charge < -0.3 is 4.90 Å². The van der Waals surface area contributed by atoms with Crippen molar-refractivity contribution in [3.8, 4) is 55.6 Å². The van der Waals surface area contributed by atoms with E-state index >= 15 is 0 Å². The molecule has 2 heteroatoms. The maximum atomic E-state index is 2.41. The van der Waals surface area contributed by atoms with E-state index in [9.17, 15) is 0 Å². The van der Waals surface area contributed by atoms with Gasteiger partial charge in [0.25, 0.3) is 0 Å². The summed E-state index contributed by atoms with van der Waals surface area (Å²) in [6.07, 6.45) is 0. The standard InChI is InChI=1S/C58H39NS/c1-2-11-40(12-3-1)42-21-23-43(24-22-42)44-27-32-51(33-28-44)59(56-19-8-6-17-53(56)50-31-36-58-55(39-50)54-18-7-9-20-57(54)60-58)52-34-29-45(30-35-52)47-15-10-16-48(37-47)49-26-25-41-13-4-5-14-46(41)38-49/h1-39H. The summed E-state index contributed by atoms with van der Waals surface area (Å²) in [5.74, 6) is 0. The van der Waals surface area contributed by atoms with Gasteiger partial charge in [-0.25, -0.2) is 0 Å². The van der Waals surface area contributed by atoms with E-state index in [1.54, 1.807) is 0 Å². The molecule has 0 bridgehead atoms. The fraction of sp³-hybridized carbons (Fsp3) is 0. The Morgan fingerprint density at radius 3 is 1.48 bits per heavy atom. The molecule has 0 fully saturated rings. The van der Waals surface area contributed by atoms with Gasteiger partial charge in [0, 0.05) is 37.1 Å². The lowest BCUT2D eigenvalue weighted by Crippen LogP contribution is -2.11. The molecule has 0 spiro atoms. The van der Waals surface area contributed by atoms with Gasteiger partial charge in [0.2, 0.25) is 0 Å². The van der Waals surface area contributed by atoms with Crippen LogP contribution in [-0.2, 0) is 0 Å². The Morgan fingerprint density at radius 2 is 0.750 bits per heavy atom. The fourth-order valence-electron chi connectivity index (χ4n) is 8.57. The molecule has 11 aromatic rings. The van der Waals surface area contributed by atoms with Crippen LogP contribution >= 0.6 is 11.3 Å². The largest absolute Gasteiger partial charge is 0.310 e. The van der Waals surface area contributed by atoms with Crippen LogP contribution in [0.25, 0.3) is 86.6 Å². The van der Waals surface area contributed by atoms with E-state index in [2.05, 4.69) is 241 Å². The van der Waals surface area contributed by atoms with E-state index in [4.69, 9.17) is 0 Å². The van der Waals surface area contributed by atoms with Crippen LogP contribution in [-0.4, -0.2) is 0 Å². The van der Waals surface area contributed by atoms with Crippen molar-refractivity contribution in [2.75, 3.05) is 4.90 Å². The zero-order valence-electron chi connectivity index (χ0n) is 32.9. The Labute approximate surface area is 354 Å². The van der Waals surface area contributed by atoms with Gasteiger partial charge >= 0.3 is 0 Å². The van der Waals surface area contributed by atoms with Crippen LogP contribution in [0.3, 0.4) is 0 Å². The van der Waals surface area contributed by atoms with Gasteiger partial charge in [-0.15, -0.1) is 11.3 Å². The smallest absolute Gasteiger partial charge is 0.0540 e. The quantitative estimate of drug-likeness (QED) is 0.148. The van der Waals surface area contributed by atoms with Gasteiger partial charge in [-0.2, -0.15) is 0 Å². The molecule has 1 heterocycles. The Kier molecular flexibility index (Phi) is 9.11. The summed E-state index contributed by atoms with van der Waals surface area (Å²) in [7, 11) is 0. The number of anilines is 3. The van der Waals surface area contributed by atoms with E-state index in [-0.39, 0.29) is 0 Å². The van der Waals surface area contributed by atoms with Crippen molar-refractivity contribution in [2.45, 2.75) is 0 Å². The summed E-state index contributed by atoms with van der Waals surface area (Å²) in [5.41, 5.74) is 15.3. The summed E-state index contributed by atoms with van der Waals surface area (Å²) in [6.45, 7) is 0. The van der Waals surface area contributed by atoms with Gasteiger partial charge in [-0.1, -0.05) is 176 Å². The van der Waals surface area contributed by atoms with Crippen molar-refractivity contribution in [2.24, 2.45) is 0 Å². The van der Waals surface area contributed by atoms with E-state index < -0.39 is 0 Å². The number of hydrogen-bond donors (Lipinski definition) is 0. The summed E-state index contributed by atoms with van der Waals surface area (Å²) in [6, 6.07) is 86.2. The number of hydrogen-bond acceptors (Lipinski definition) is 2. The van der Waals surface area contributed by atoms with Crippen molar-refractivity contribution in [1.82, 2.24) is 0 Å².